The van der Waals surface area contributed by atoms with E-state index in [9.17, 15) is 19.4 Å². The van der Waals surface area contributed by atoms with Crippen LogP contribution < -0.4 is 10.2 Å². The zero-order valence-electron chi connectivity index (χ0n) is 55.6. The minimum atomic E-state index is -4.61. The maximum absolute atomic E-state index is 13.0. The van der Waals surface area contributed by atoms with Crippen molar-refractivity contribution < 1.29 is 32.9 Å². The molecule has 0 aromatic carbocycles. The zero-order chi connectivity index (χ0) is 60.5. The van der Waals surface area contributed by atoms with E-state index >= 15 is 0 Å². The molecule has 9 heteroatoms. The van der Waals surface area contributed by atoms with Gasteiger partial charge in [0.25, 0.3) is 7.82 Å². The topological polar surface area (TPSA) is 108 Å². The number of nitrogens with zero attached hydrogens (tertiary/aromatic N) is 1. The summed E-state index contributed by atoms with van der Waals surface area (Å²) in [6.45, 7) is 4.56. The summed E-state index contributed by atoms with van der Waals surface area (Å²) < 4.78 is 23.4. The lowest BCUT2D eigenvalue weighted by atomic mass is 10.0. The highest BCUT2D eigenvalue weighted by molar-refractivity contribution is 7.45. The van der Waals surface area contributed by atoms with Gasteiger partial charge in [0.05, 0.1) is 39.9 Å². The van der Waals surface area contributed by atoms with Crippen LogP contribution >= 0.6 is 7.82 Å². The van der Waals surface area contributed by atoms with Gasteiger partial charge < -0.3 is 28.8 Å². The Morgan fingerprint density at radius 2 is 0.747 bits per heavy atom. The fourth-order valence-corrected chi connectivity index (χ4v) is 11.4. The highest BCUT2D eigenvalue weighted by Crippen LogP contribution is 2.38. The Balaban J connectivity index is 3.97. The Kier molecular flexibility index (Phi) is 62.8. The van der Waals surface area contributed by atoms with E-state index in [1.807, 2.05) is 27.2 Å². The summed E-state index contributed by atoms with van der Waals surface area (Å²) in [6, 6.07) is -0.905. The maximum Gasteiger partial charge on any atom is 0.268 e. The van der Waals surface area contributed by atoms with Crippen LogP contribution in [0.15, 0.2) is 72.9 Å². The highest BCUT2D eigenvalue weighted by atomic mass is 31.2. The van der Waals surface area contributed by atoms with E-state index in [1.54, 1.807) is 6.08 Å². The predicted molar refractivity (Wildman–Crippen MR) is 362 cm³/mol. The Hall–Kier alpha value is -2.06. The van der Waals surface area contributed by atoms with E-state index in [0.29, 0.717) is 17.4 Å². The molecule has 0 spiro atoms. The summed E-state index contributed by atoms with van der Waals surface area (Å²) in [4.78, 5) is 25.6. The molecule has 0 aromatic heterocycles. The Bertz CT molecular complexity index is 1580. The average Bonchev–Trinajstić information content (AvgIpc) is 3.50. The molecule has 3 atom stereocenters. The van der Waals surface area contributed by atoms with Crippen molar-refractivity contribution in [2.24, 2.45) is 0 Å². The molecular formula is C74H139N2O6P. The maximum atomic E-state index is 13.0. The van der Waals surface area contributed by atoms with Crippen molar-refractivity contribution in [2.75, 3.05) is 40.9 Å². The third-order valence-electron chi connectivity index (χ3n) is 16.2. The SMILES string of the molecule is CC/C=C\C/C=C\C/C=C\C/C=C\CCCCCCCCCCCCCCCCCCCCCCCCCCCCC(=O)NC(COP(=O)([O-])OCC[N+](C)(C)C)C(O)/C=C/CC/C=C/CCCCCCCCCCCCCCCCCC. The number of amides is 1. The van der Waals surface area contributed by atoms with Gasteiger partial charge in [-0.2, -0.15) is 0 Å². The van der Waals surface area contributed by atoms with Crippen molar-refractivity contribution in [3.05, 3.63) is 72.9 Å². The first kappa shape index (κ1) is 80.9. The average molecular weight is 1180 g/mol. The monoisotopic (exact) mass is 1180 g/mol. The zero-order valence-corrected chi connectivity index (χ0v) is 56.5. The summed E-state index contributed by atoms with van der Waals surface area (Å²) in [7, 11) is 1.26. The van der Waals surface area contributed by atoms with Crippen LogP contribution in [0.4, 0.5) is 0 Å². The summed E-state index contributed by atoms with van der Waals surface area (Å²) in [5, 5.41) is 13.9. The molecule has 0 heterocycles. The number of likely N-dealkylation sites (N-methyl/N-ethyl adjacent to an activating group) is 1. The first-order valence-corrected chi connectivity index (χ1v) is 37.3. The van der Waals surface area contributed by atoms with E-state index in [1.165, 1.54) is 257 Å². The number of allylic oxidation sites excluding steroid dienone is 11. The van der Waals surface area contributed by atoms with E-state index < -0.39 is 26.6 Å². The Labute approximate surface area is 516 Å². The van der Waals surface area contributed by atoms with Crippen LogP contribution in [0.2, 0.25) is 0 Å². The lowest BCUT2D eigenvalue weighted by Crippen LogP contribution is -2.45. The Morgan fingerprint density at radius 3 is 1.12 bits per heavy atom. The number of aliphatic hydroxyl groups is 1. The number of quaternary nitrogens is 1. The molecular weight excluding hydrogens is 1040 g/mol. The smallest absolute Gasteiger partial charge is 0.268 e. The standard InChI is InChI=1S/C74H139N2O6P/c1-6-8-10-12-14-16-18-20-22-24-26-28-30-31-32-33-34-35-36-37-38-39-40-41-42-43-44-45-46-48-50-52-54-56-58-60-62-64-66-68-74(78)75-72(71-82-83(79,80)81-70-69-76(3,4)5)73(77)67-65-63-61-59-57-55-53-51-49-47-29-27-25-23-21-19-17-15-13-11-9-7-2/h8,10,14,16,20,22,26,28,57,59,65,67,72-73,77H,6-7,9,11-13,15,17-19,21,23-25,27,29-56,58,60-64,66,68-71H2,1-5H3,(H-,75,78,79,80)/b10-8-,16-14-,22-20-,28-26-,59-57+,67-65+. The van der Waals surface area contributed by atoms with Crippen LogP contribution in [0.25, 0.3) is 0 Å². The van der Waals surface area contributed by atoms with Gasteiger partial charge in [-0.25, -0.2) is 0 Å². The minimum absolute atomic E-state index is 0.00574. The normalized spacial score (nSPS) is 14.1. The molecule has 1 amide bonds. The number of carbonyl (C=O) groups is 1. The fourth-order valence-electron chi connectivity index (χ4n) is 10.6. The fraction of sp³-hybridized carbons (Fsp3) is 0.824. The number of hydrogen-bond donors (Lipinski definition) is 2. The van der Waals surface area contributed by atoms with Gasteiger partial charge in [0, 0.05) is 6.42 Å². The van der Waals surface area contributed by atoms with Gasteiger partial charge in [-0.15, -0.1) is 0 Å². The van der Waals surface area contributed by atoms with Crippen LogP contribution in [0, 0.1) is 0 Å². The largest absolute Gasteiger partial charge is 0.756 e. The van der Waals surface area contributed by atoms with Gasteiger partial charge in [0.2, 0.25) is 5.91 Å². The van der Waals surface area contributed by atoms with Crippen LogP contribution in [-0.4, -0.2) is 68.5 Å². The first-order valence-electron chi connectivity index (χ1n) is 35.8. The number of nitrogens with one attached hydrogen (secondary N) is 1. The molecule has 0 aliphatic carbocycles. The number of aliphatic hydroxyl groups excluding tert-OH is 1. The first-order chi connectivity index (χ1) is 40.5. The molecule has 3 unspecified atom stereocenters. The van der Waals surface area contributed by atoms with Gasteiger partial charge in [-0.3, -0.25) is 9.36 Å². The highest BCUT2D eigenvalue weighted by Gasteiger charge is 2.23. The van der Waals surface area contributed by atoms with E-state index in [2.05, 4.69) is 79.9 Å². The van der Waals surface area contributed by atoms with E-state index in [-0.39, 0.29) is 12.5 Å². The lowest BCUT2D eigenvalue weighted by Gasteiger charge is -2.29. The number of unbranched alkanes of at least 4 members (excludes halogenated alkanes) is 43. The predicted octanol–water partition coefficient (Wildman–Crippen LogP) is 22.3. The summed E-state index contributed by atoms with van der Waals surface area (Å²) in [6.07, 6.45) is 90.4. The van der Waals surface area contributed by atoms with Crippen molar-refractivity contribution in [2.45, 2.75) is 353 Å². The second-order valence-electron chi connectivity index (χ2n) is 25.6. The minimum Gasteiger partial charge on any atom is -0.756 e. The van der Waals surface area contributed by atoms with Crippen LogP contribution in [0.3, 0.4) is 0 Å². The lowest BCUT2D eigenvalue weighted by molar-refractivity contribution is -0.870. The molecule has 0 bridgehead atoms. The molecule has 0 saturated heterocycles. The van der Waals surface area contributed by atoms with E-state index in [4.69, 9.17) is 9.05 Å². The second kappa shape index (κ2) is 64.4. The van der Waals surface area contributed by atoms with Gasteiger partial charge in [0.15, 0.2) is 0 Å². The molecule has 83 heavy (non-hydrogen) atoms. The van der Waals surface area contributed by atoms with Crippen molar-refractivity contribution in [1.29, 1.82) is 0 Å². The van der Waals surface area contributed by atoms with Crippen LogP contribution in [-0.2, 0) is 18.4 Å². The van der Waals surface area contributed by atoms with E-state index in [0.717, 1.165) is 64.2 Å². The number of carbonyl (C=O) groups excluding carboxylic acids is 1. The van der Waals surface area contributed by atoms with Gasteiger partial charge >= 0.3 is 0 Å². The van der Waals surface area contributed by atoms with Crippen molar-refractivity contribution >= 4 is 13.7 Å². The number of hydrogen-bond acceptors (Lipinski definition) is 6. The number of phosphoric ester groups is 1. The molecule has 0 fully saturated rings. The molecule has 0 aliphatic heterocycles. The molecule has 2 N–H and O–H groups in total. The quantitative estimate of drug-likeness (QED) is 0.0272. The van der Waals surface area contributed by atoms with Crippen molar-refractivity contribution in [3.8, 4) is 0 Å². The molecule has 0 saturated carbocycles. The molecule has 0 radical (unpaired) electrons. The molecule has 0 rings (SSSR count). The Morgan fingerprint density at radius 1 is 0.434 bits per heavy atom. The number of rotatable bonds is 66. The van der Waals surface area contributed by atoms with Gasteiger partial charge in [0.1, 0.15) is 13.2 Å². The van der Waals surface area contributed by atoms with Gasteiger partial charge in [-0.05, 0) is 70.6 Å². The molecule has 486 valence electrons. The third kappa shape index (κ3) is 67.3. The van der Waals surface area contributed by atoms with Crippen LogP contribution in [0.5, 0.6) is 0 Å². The van der Waals surface area contributed by atoms with Gasteiger partial charge in [-0.1, -0.05) is 337 Å². The number of phosphoric acid groups is 1. The molecule has 0 aromatic rings. The summed E-state index contributed by atoms with van der Waals surface area (Å²) in [5.41, 5.74) is 0. The van der Waals surface area contributed by atoms with Crippen molar-refractivity contribution in [1.82, 2.24) is 5.32 Å². The van der Waals surface area contributed by atoms with Crippen LogP contribution in [0.1, 0.15) is 341 Å². The second-order valence-corrected chi connectivity index (χ2v) is 27.0. The van der Waals surface area contributed by atoms with Crippen molar-refractivity contribution in [3.63, 3.8) is 0 Å². The summed E-state index contributed by atoms with van der Waals surface area (Å²) in [5.74, 6) is -0.201. The summed E-state index contributed by atoms with van der Waals surface area (Å²) >= 11 is 0. The third-order valence-corrected chi connectivity index (χ3v) is 17.1. The molecule has 0 aliphatic rings. The molecule has 8 nitrogen and oxygen atoms in total.